The van der Waals surface area contributed by atoms with Crippen molar-refractivity contribution in [3.8, 4) is 5.75 Å². The lowest BCUT2D eigenvalue weighted by Gasteiger charge is -2.09. The quantitative estimate of drug-likeness (QED) is 0.649. The fraction of sp³-hybridized carbons (Fsp3) is 0.0667. The zero-order valence-electron chi connectivity index (χ0n) is 11.0. The Labute approximate surface area is 121 Å². The van der Waals surface area contributed by atoms with Gasteiger partial charge in [0.2, 0.25) is 0 Å². The largest absolute Gasteiger partial charge is 0.506 e. The second-order valence-corrected chi connectivity index (χ2v) is 4.33. The molecule has 6 heteroatoms. The molecule has 2 aromatic rings. The van der Waals surface area contributed by atoms with Crippen molar-refractivity contribution >= 4 is 17.7 Å². The zero-order chi connectivity index (χ0) is 15.2. The molecule has 2 rings (SSSR count). The van der Waals surface area contributed by atoms with E-state index in [0.717, 1.165) is 5.56 Å². The van der Waals surface area contributed by atoms with Crippen LogP contribution in [0, 0.1) is 0 Å². The summed E-state index contributed by atoms with van der Waals surface area (Å²) in [7, 11) is 0. The van der Waals surface area contributed by atoms with Crippen molar-refractivity contribution in [2.75, 3.05) is 5.32 Å². The highest BCUT2D eigenvalue weighted by atomic mass is 16.4. The van der Waals surface area contributed by atoms with Gasteiger partial charge in [-0.3, -0.25) is 0 Å². The van der Waals surface area contributed by atoms with Gasteiger partial charge in [-0.25, -0.2) is 9.59 Å². The number of nitrogens with one attached hydrogen (secondary N) is 2. The highest BCUT2D eigenvalue weighted by Gasteiger charge is 2.10. The second-order valence-electron chi connectivity index (χ2n) is 4.33. The first kappa shape index (κ1) is 14.4. The molecule has 0 atom stereocenters. The Hall–Kier alpha value is -3.02. The van der Waals surface area contributed by atoms with Gasteiger partial charge in [0.25, 0.3) is 0 Å². The molecule has 0 aliphatic carbocycles. The van der Waals surface area contributed by atoms with Gasteiger partial charge in [0.1, 0.15) is 5.75 Å². The first-order valence-electron chi connectivity index (χ1n) is 6.21. The normalized spacial score (nSPS) is 9.90. The van der Waals surface area contributed by atoms with Crippen molar-refractivity contribution in [1.82, 2.24) is 5.32 Å². The summed E-state index contributed by atoms with van der Waals surface area (Å²) < 4.78 is 0. The summed E-state index contributed by atoms with van der Waals surface area (Å²) in [5.74, 6) is -1.34. The Balaban J connectivity index is 1.99. The summed E-state index contributed by atoms with van der Waals surface area (Å²) in [6, 6.07) is 12.5. The van der Waals surface area contributed by atoms with Gasteiger partial charge >= 0.3 is 12.0 Å². The molecule has 0 aliphatic heterocycles. The zero-order valence-corrected chi connectivity index (χ0v) is 11.0. The first-order valence-corrected chi connectivity index (χ1v) is 6.21. The molecule has 0 bridgehead atoms. The van der Waals surface area contributed by atoms with E-state index in [1.165, 1.54) is 18.2 Å². The second kappa shape index (κ2) is 6.42. The molecule has 0 radical (unpaired) electrons. The van der Waals surface area contributed by atoms with Crippen molar-refractivity contribution < 1.29 is 19.8 Å². The predicted octanol–water partition coefficient (Wildman–Crippen LogP) is 2.41. The molecular weight excluding hydrogens is 272 g/mol. The standard InChI is InChI=1S/C15H14N2O4/c18-13-7-6-11(14(19)20)8-12(13)17-15(21)16-9-10-4-2-1-3-5-10/h1-8,18H,9H2,(H,19,20)(H2,16,17,21). The summed E-state index contributed by atoms with van der Waals surface area (Å²) in [5, 5.41) is 23.5. The lowest BCUT2D eigenvalue weighted by atomic mass is 10.2. The van der Waals surface area contributed by atoms with Gasteiger partial charge in [0, 0.05) is 6.54 Å². The van der Waals surface area contributed by atoms with Crippen molar-refractivity contribution in [3.63, 3.8) is 0 Å². The number of aromatic hydroxyl groups is 1. The number of phenolic OH excluding ortho intramolecular Hbond substituents is 1. The number of carbonyl (C=O) groups excluding carboxylic acids is 1. The van der Waals surface area contributed by atoms with Crippen LogP contribution >= 0.6 is 0 Å². The van der Waals surface area contributed by atoms with Gasteiger partial charge in [-0.05, 0) is 23.8 Å². The molecule has 2 amide bonds. The van der Waals surface area contributed by atoms with Crippen LogP contribution in [0.4, 0.5) is 10.5 Å². The van der Waals surface area contributed by atoms with Gasteiger partial charge in [-0.1, -0.05) is 30.3 Å². The Morgan fingerprint density at radius 1 is 1.05 bits per heavy atom. The third-order valence-corrected chi connectivity index (χ3v) is 2.79. The maximum Gasteiger partial charge on any atom is 0.335 e. The lowest BCUT2D eigenvalue weighted by molar-refractivity contribution is 0.0697. The van der Waals surface area contributed by atoms with Gasteiger partial charge < -0.3 is 20.8 Å². The Morgan fingerprint density at radius 3 is 2.43 bits per heavy atom. The van der Waals surface area contributed by atoms with Crippen LogP contribution in [0.2, 0.25) is 0 Å². The number of carboxylic acids is 1. The highest BCUT2D eigenvalue weighted by molar-refractivity contribution is 5.94. The topological polar surface area (TPSA) is 98.7 Å². The number of hydrogen-bond acceptors (Lipinski definition) is 3. The smallest absolute Gasteiger partial charge is 0.335 e. The molecule has 0 aliphatic rings. The minimum absolute atomic E-state index is 0.0221. The van der Waals surface area contributed by atoms with Crippen molar-refractivity contribution in [3.05, 3.63) is 59.7 Å². The molecule has 0 saturated carbocycles. The van der Waals surface area contributed by atoms with E-state index in [1.54, 1.807) is 0 Å². The Kier molecular flexibility index (Phi) is 4.40. The molecule has 0 unspecified atom stereocenters. The molecule has 0 saturated heterocycles. The lowest BCUT2D eigenvalue weighted by Crippen LogP contribution is -2.28. The van der Waals surface area contributed by atoms with E-state index in [2.05, 4.69) is 10.6 Å². The Morgan fingerprint density at radius 2 is 1.76 bits per heavy atom. The molecule has 2 aromatic carbocycles. The Bertz CT molecular complexity index is 656. The summed E-state index contributed by atoms with van der Waals surface area (Å²) in [6.45, 7) is 0.325. The minimum Gasteiger partial charge on any atom is -0.506 e. The van der Waals surface area contributed by atoms with Gasteiger partial charge in [-0.2, -0.15) is 0 Å². The van der Waals surface area contributed by atoms with E-state index in [4.69, 9.17) is 5.11 Å². The monoisotopic (exact) mass is 286 g/mol. The number of rotatable bonds is 4. The van der Waals surface area contributed by atoms with Crippen LogP contribution < -0.4 is 10.6 Å². The van der Waals surface area contributed by atoms with Gasteiger partial charge in [0.05, 0.1) is 11.3 Å². The average molecular weight is 286 g/mol. The molecule has 0 fully saturated rings. The first-order chi connectivity index (χ1) is 10.1. The number of hydrogen-bond donors (Lipinski definition) is 4. The summed E-state index contributed by atoms with van der Waals surface area (Å²) in [5.41, 5.74) is 0.947. The number of urea groups is 1. The highest BCUT2D eigenvalue weighted by Crippen LogP contribution is 2.24. The molecule has 108 valence electrons. The molecule has 21 heavy (non-hydrogen) atoms. The number of carbonyl (C=O) groups is 2. The van der Waals surface area contributed by atoms with E-state index in [0.29, 0.717) is 6.54 Å². The number of phenols is 1. The fourth-order valence-electron chi connectivity index (χ4n) is 1.71. The number of benzene rings is 2. The van der Waals surface area contributed by atoms with E-state index in [9.17, 15) is 14.7 Å². The fourth-order valence-corrected chi connectivity index (χ4v) is 1.71. The van der Waals surface area contributed by atoms with Crippen molar-refractivity contribution in [1.29, 1.82) is 0 Å². The van der Waals surface area contributed by atoms with Crippen LogP contribution in [0.1, 0.15) is 15.9 Å². The van der Waals surface area contributed by atoms with Crippen LogP contribution in [-0.4, -0.2) is 22.2 Å². The third-order valence-electron chi connectivity index (χ3n) is 2.79. The number of aromatic carboxylic acids is 1. The number of carboxylic acid groups (broad SMARTS) is 1. The van der Waals surface area contributed by atoms with Crippen LogP contribution in [-0.2, 0) is 6.54 Å². The van der Waals surface area contributed by atoms with Crippen LogP contribution in [0.5, 0.6) is 5.75 Å². The van der Waals surface area contributed by atoms with E-state index < -0.39 is 12.0 Å². The van der Waals surface area contributed by atoms with Gasteiger partial charge in [-0.15, -0.1) is 0 Å². The number of anilines is 1. The molecule has 0 heterocycles. The molecule has 4 N–H and O–H groups in total. The van der Waals surface area contributed by atoms with Crippen molar-refractivity contribution in [2.45, 2.75) is 6.54 Å². The van der Waals surface area contributed by atoms with E-state index >= 15 is 0 Å². The molecule has 0 spiro atoms. The molecular formula is C15H14N2O4. The van der Waals surface area contributed by atoms with Crippen LogP contribution in [0.25, 0.3) is 0 Å². The maximum absolute atomic E-state index is 11.7. The predicted molar refractivity (Wildman–Crippen MR) is 77.4 cm³/mol. The third kappa shape index (κ3) is 3.97. The average Bonchev–Trinajstić information content (AvgIpc) is 2.48. The maximum atomic E-state index is 11.7. The summed E-state index contributed by atoms with van der Waals surface area (Å²) in [6.07, 6.45) is 0. The van der Waals surface area contributed by atoms with E-state index in [-0.39, 0.29) is 17.0 Å². The van der Waals surface area contributed by atoms with E-state index in [1.807, 2.05) is 30.3 Å². The molecule has 6 nitrogen and oxygen atoms in total. The minimum atomic E-state index is -1.14. The summed E-state index contributed by atoms with van der Waals surface area (Å²) in [4.78, 5) is 22.6. The molecule has 0 aromatic heterocycles. The summed E-state index contributed by atoms with van der Waals surface area (Å²) >= 11 is 0. The van der Waals surface area contributed by atoms with Gasteiger partial charge in [0.15, 0.2) is 0 Å². The number of amides is 2. The van der Waals surface area contributed by atoms with Crippen LogP contribution in [0.15, 0.2) is 48.5 Å². The SMILES string of the molecule is O=C(NCc1ccccc1)Nc1cc(C(=O)O)ccc1O. The van der Waals surface area contributed by atoms with Crippen molar-refractivity contribution in [2.24, 2.45) is 0 Å². The van der Waals surface area contributed by atoms with Crippen LogP contribution in [0.3, 0.4) is 0 Å².